The van der Waals surface area contributed by atoms with Crippen molar-refractivity contribution in [2.24, 2.45) is 10.8 Å². The van der Waals surface area contributed by atoms with E-state index in [1.807, 2.05) is 0 Å². The molecule has 1 aromatic rings. The van der Waals surface area contributed by atoms with Gasteiger partial charge in [0.25, 0.3) is 0 Å². The highest BCUT2D eigenvalue weighted by Crippen LogP contribution is 2.50. The van der Waals surface area contributed by atoms with Crippen LogP contribution < -0.4 is 11.4 Å². The summed E-state index contributed by atoms with van der Waals surface area (Å²) in [5.41, 5.74) is 2.69. The van der Waals surface area contributed by atoms with Crippen LogP contribution in [0.15, 0.2) is 17.1 Å². The van der Waals surface area contributed by atoms with E-state index in [0.717, 1.165) is 28.1 Å². The van der Waals surface area contributed by atoms with Crippen LogP contribution in [0.1, 0.15) is 33.9 Å². The lowest BCUT2D eigenvalue weighted by Crippen LogP contribution is -2.36. The Morgan fingerprint density at radius 1 is 1.02 bits per heavy atom. The van der Waals surface area contributed by atoms with Gasteiger partial charge in [0.1, 0.15) is 24.1 Å². The standard InChI is InChI=1S/C23H38N3O12PS2/c1-22(2,12-27)19(31)40-9-7-35-39(34,36-8-10-41-20(32)23(3,4)13-28)37-11-14-16(29)17(30)18(38-14)26-6-5-15(24)25-21(26)33/h5-6,14,16-18,27-30H,7-13H2,1-4H3,(H2,24,25,33)/t14-,16?,17-,18-/m1/s1. The molecule has 0 saturated carbocycles. The Morgan fingerprint density at radius 2 is 1.54 bits per heavy atom. The van der Waals surface area contributed by atoms with E-state index in [-0.39, 0.29) is 54.0 Å². The van der Waals surface area contributed by atoms with E-state index in [9.17, 15) is 39.4 Å². The van der Waals surface area contributed by atoms with Gasteiger partial charge in [-0.2, -0.15) is 4.98 Å². The monoisotopic (exact) mass is 643 g/mol. The highest BCUT2D eigenvalue weighted by atomic mass is 32.2. The number of hydrogen-bond donors (Lipinski definition) is 5. The van der Waals surface area contributed by atoms with Gasteiger partial charge >= 0.3 is 13.5 Å². The number of phosphoric ester groups is 1. The number of nitrogen functional groups attached to an aromatic ring is 1. The summed E-state index contributed by atoms with van der Waals surface area (Å²) in [5.74, 6) is 0.0506. The van der Waals surface area contributed by atoms with E-state index >= 15 is 0 Å². The fraction of sp³-hybridized carbons (Fsp3) is 0.739. The molecule has 0 spiro atoms. The third kappa shape index (κ3) is 10.1. The van der Waals surface area contributed by atoms with Crippen LogP contribution >= 0.6 is 31.3 Å². The van der Waals surface area contributed by atoms with Gasteiger partial charge in [-0.1, -0.05) is 23.5 Å². The Kier molecular flexibility index (Phi) is 13.4. The topological polar surface area (TPSA) is 230 Å². The average Bonchev–Trinajstić information content (AvgIpc) is 3.20. The third-order valence-electron chi connectivity index (χ3n) is 5.89. The second-order valence-corrected chi connectivity index (χ2v) is 14.2. The van der Waals surface area contributed by atoms with Crippen LogP contribution in [-0.2, 0) is 32.5 Å². The Hall–Kier alpha value is -1.37. The first-order valence-corrected chi connectivity index (χ1v) is 16.0. The molecule has 2 rings (SSSR count). The lowest BCUT2D eigenvalue weighted by atomic mass is 9.97. The molecule has 41 heavy (non-hydrogen) atoms. The average molecular weight is 644 g/mol. The highest BCUT2D eigenvalue weighted by Gasteiger charge is 2.45. The first-order valence-electron chi connectivity index (χ1n) is 12.5. The van der Waals surface area contributed by atoms with Crippen molar-refractivity contribution in [2.75, 3.05) is 50.3 Å². The molecule has 1 fully saturated rings. The Balaban J connectivity index is 2.04. The number of phosphoric acid groups is 1. The van der Waals surface area contributed by atoms with Gasteiger partial charge in [0.05, 0.1) is 43.9 Å². The molecule has 0 radical (unpaired) electrons. The van der Waals surface area contributed by atoms with E-state index in [0.29, 0.717) is 0 Å². The minimum absolute atomic E-state index is 0.0472. The van der Waals surface area contributed by atoms with Crippen molar-refractivity contribution < 1.29 is 52.9 Å². The number of nitrogens with zero attached hydrogens (tertiary/aromatic N) is 2. The molecule has 0 bridgehead atoms. The molecule has 1 aliphatic rings. The Bertz CT molecular complexity index is 1110. The molecule has 18 heteroatoms. The number of rotatable bonds is 16. The van der Waals surface area contributed by atoms with E-state index in [1.54, 1.807) is 27.7 Å². The molecule has 0 amide bonds. The summed E-state index contributed by atoms with van der Waals surface area (Å²) < 4.78 is 36.0. The second kappa shape index (κ2) is 15.4. The van der Waals surface area contributed by atoms with Gasteiger partial charge in [-0.3, -0.25) is 27.7 Å². The number of carbonyl (C=O) groups is 2. The molecule has 234 valence electrons. The van der Waals surface area contributed by atoms with Gasteiger partial charge in [0.2, 0.25) is 0 Å². The molecule has 4 atom stereocenters. The van der Waals surface area contributed by atoms with Crippen molar-refractivity contribution in [3.8, 4) is 0 Å². The zero-order valence-electron chi connectivity index (χ0n) is 23.2. The maximum absolute atomic E-state index is 13.4. The SMILES string of the molecule is CC(C)(CO)C(=O)SCCOP(=O)(OCCSC(=O)C(C)(C)CO)OC[C@H]1O[C@@H](n2ccc(N)nc2=O)[C@H](O)C1O. The van der Waals surface area contributed by atoms with E-state index in [4.69, 9.17) is 24.0 Å². The predicted octanol–water partition coefficient (Wildman–Crippen LogP) is 0.159. The van der Waals surface area contributed by atoms with Crippen LogP contribution in [0.3, 0.4) is 0 Å². The number of ether oxygens (including phenoxy) is 1. The Labute approximate surface area is 245 Å². The first-order chi connectivity index (χ1) is 19.1. The fourth-order valence-electron chi connectivity index (χ4n) is 3.08. The summed E-state index contributed by atoms with van der Waals surface area (Å²) in [7, 11) is -4.36. The van der Waals surface area contributed by atoms with Gasteiger partial charge in [0, 0.05) is 17.7 Å². The molecular weight excluding hydrogens is 605 g/mol. The third-order valence-corrected chi connectivity index (χ3v) is 9.72. The lowest BCUT2D eigenvalue weighted by Gasteiger charge is -2.22. The molecule has 15 nitrogen and oxygen atoms in total. The number of anilines is 1. The summed E-state index contributed by atoms with van der Waals surface area (Å²) in [6.07, 6.45) is -4.49. The lowest BCUT2D eigenvalue weighted by molar-refractivity contribution is -0.120. The van der Waals surface area contributed by atoms with E-state index < -0.39 is 55.5 Å². The predicted molar refractivity (Wildman–Crippen MR) is 151 cm³/mol. The van der Waals surface area contributed by atoms with Gasteiger partial charge in [-0.05, 0) is 33.8 Å². The van der Waals surface area contributed by atoms with Crippen LogP contribution in [-0.4, -0.2) is 103 Å². The second-order valence-electron chi connectivity index (χ2n) is 10.4. The zero-order valence-corrected chi connectivity index (χ0v) is 25.7. The molecule has 1 saturated heterocycles. The summed E-state index contributed by atoms with van der Waals surface area (Å²) >= 11 is 1.71. The summed E-state index contributed by atoms with van der Waals surface area (Å²) in [6, 6.07) is 1.30. The van der Waals surface area contributed by atoms with E-state index in [1.165, 1.54) is 12.3 Å². The normalized spacial score (nSPS) is 21.8. The molecule has 2 heterocycles. The largest absolute Gasteiger partial charge is 0.474 e. The number of hydrogen-bond acceptors (Lipinski definition) is 16. The van der Waals surface area contributed by atoms with Gasteiger partial charge in [-0.15, -0.1) is 0 Å². The van der Waals surface area contributed by atoms with Crippen molar-refractivity contribution in [2.45, 2.75) is 52.2 Å². The smallest absolute Gasteiger partial charge is 0.395 e. The minimum atomic E-state index is -4.36. The molecular formula is C23H38N3O12PS2. The minimum Gasteiger partial charge on any atom is -0.395 e. The molecule has 6 N–H and O–H groups in total. The summed E-state index contributed by atoms with van der Waals surface area (Å²) in [4.78, 5) is 40.1. The molecule has 0 aliphatic carbocycles. The molecule has 1 unspecified atom stereocenters. The zero-order chi connectivity index (χ0) is 31.0. The van der Waals surface area contributed by atoms with E-state index in [2.05, 4.69) is 4.98 Å². The van der Waals surface area contributed by atoms with Crippen molar-refractivity contribution in [1.29, 1.82) is 0 Å². The van der Waals surface area contributed by atoms with Gasteiger partial charge in [-0.25, -0.2) is 9.36 Å². The first kappa shape index (κ1) is 35.8. The number of aliphatic hydroxyl groups is 4. The van der Waals surface area contributed by atoms with Gasteiger partial charge < -0.3 is 30.9 Å². The van der Waals surface area contributed by atoms with Crippen LogP contribution in [0.2, 0.25) is 0 Å². The Morgan fingerprint density at radius 3 is 2.00 bits per heavy atom. The highest BCUT2D eigenvalue weighted by molar-refractivity contribution is 8.14. The van der Waals surface area contributed by atoms with Crippen LogP contribution in [0.4, 0.5) is 5.82 Å². The fourth-order valence-corrected chi connectivity index (χ4v) is 6.12. The van der Waals surface area contributed by atoms with Crippen LogP contribution in [0.5, 0.6) is 0 Å². The molecule has 1 aromatic heterocycles. The number of nitrogens with two attached hydrogens (primary N) is 1. The number of aromatic nitrogens is 2. The van der Waals surface area contributed by atoms with Crippen molar-refractivity contribution in [3.05, 3.63) is 22.7 Å². The molecule has 0 aromatic carbocycles. The summed E-state index contributed by atoms with van der Waals surface area (Å²) in [5, 5.41) is 39.0. The van der Waals surface area contributed by atoms with Crippen molar-refractivity contribution in [1.82, 2.24) is 9.55 Å². The maximum Gasteiger partial charge on any atom is 0.474 e. The number of thioether (sulfide) groups is 2. The maximum atomic E-state index is 13.4. The molecule has 1 aliphatic heterocycles. The quantitative estimate of drug-likeness (QED) is 0.119. The van der Waals surface area contributed by atoms with Crippen LogP contribution in [0.25, 0.3) is 0 Å². The van der Waals surface area contributed by atoms with Crippen molar-refractivity contribution >= 4 is 47.4 Å². The number of aliphatic hydroxyl groups excluding tert-OH is 4. The van der Waals surface area contributed by atoms with Crippen molar-refractivity contribution in [3.63, 3.8) is 0 Å². The number of carbonyl (C=O) groups excluding carboxylic acids is 2. The summed E-state index contributed by atoms with van der Waals surface area (Å²) in [6.45, 7) is 4.46. The van der Waals surface area contributed by atoms with Crippen LogP contribution in [0, 0.1) is 10.8 Å². The van der Waals surface area contributed by atoms with Gasteiger partial charge in [0.15, 0.2) is 16.5 Å².